The van der Waals surface area contributed by atoms with Gasteiger partial charge in [-0.3, -0.25) is 0 Å². The Morgan fingerprint density at radius 3 is 1.49 bits per heavy atom. The Balaban J connectivity index is 1.34. The van der Waals surface area contributed by atoms with Gasteiger partial charge in [-0.25, -0.2) is 0 Å². The number of rotatable bonds is 6. The van der Waals surface area contributed by atoms with Gasteiger partial charge >= 0.3 is 0 Å². The molecular weight excluding hydrogens is 615 g/mol. The van der Waals surface area contributed by atoms with Gasteiger partial charge in [0.25, 0.3) is 6.71 Å². The Labute approximate surface area is 302 Å². The number of nitrogens with zero attached hydrogens (tertiary/aromatic N) is 2. The first kappa shape index (κ1) is 31.2. The summed E-state index contributed by atoms with van der Waals surface area (Å²) in [5.41, 5.74) is 16.1. The van der Waals surface area contributed by atoms with E-state index in [1.165, 1.54) is 67.1 Å². The smallest absolute Gasteiger partial charge is 0.252 e. The van der Waals surface area contributed by atoms with Crippen molar-refractivity contribution in [1.82, 2.24) is 0 Å². The Hall–Kier alpha value is -5.80. The first-order valence-corrected chi connectivity index (χ1v) is 18.1. The predicted molar refractivity (Wildman–Crippen MR) is 218 cm³/mol. The number of hydrogen-bond acceptors (Lipinski definition) is 2. The summed E-state index contributed by atoms with van der Waals surface area (Å²) in [6.45, 7) is 9.51. The summed E-state index contributed by atoms with van der Waals surface area (Å²) < 4.78 is 0. The normalized spacial score (nSPS) is 13.4. The van der Waals surface area contributed by atoms with Gasteiger partial charge in [0.15, 0.2) is 0 Å². The molecule has 2 aliphatic rings. The summed E-state index contributed by atoms with van der Waals surface area (Å²) in [6.07, 6.45) is 0. The fourth-order valence-electron chi connectivity index (χ4n) is 8.76. The highest BCUT2D eigenvalue weighted by Crippen LogP contribution is 2.49. The number of para-hydroxylation sites is 4. The summed E-state index contributed by atoms with van der Waals surface area (Å²) in [6, 6.07) is 64.8. The molecule has 0 radical (unpaired) electrons. The first-order chi connectivity index (χ1) is 24.9. The SMILES string of the molecule is CC(C)(c1ccccc1)c1ccccc1N1c2ccccc2B2c3cccc(C(C)(C)c4ccccc4)c3N(c3ccccc3)c3cccc1c32. The summed E-state index contributed by atoms with van der Waals surface area (Å²) in [4.78, 5) is 5.08. The molecule has 2 heterocycles. The van der Waals surface area contributed by atoms with Gasteiger partial charge in [-0.15, -0.1) is 0 Å². The molecule has 0 saturated carbocycles. The van der Waals surface area contributed by atoms with Crippen molar-refractivity contribution >= 4 is 57.2 Å². The Bertz CT molecular complexity index is 2360. The van der Waals surface area contributed by atoms with Crippen LogP contribution >= 0.6 is 0 Å². The van der Waals surface area contributed by atoms with E-state index >= 15 is 0 Å². The maximum absolute atomic E-state index is 2.54. The summed E-state index contributed by atoms with van der Waals surface area (Å²) in [7, 11) is 0. The molecule has 0 unspecified atom stereocenters. The Kier molecular flexibility index (Phi) is 7.29. The average Bonchev–Trinajstić information content (AvgIpc) is 3.18. The third kappa shape index (κ3) is 4.79. The van der Waals surface area contributed by atoms with Crippen molar-refractivity contribution in [3.8, 4) is 0 Å². The zero-order valence-electron chi connectivity index (χ0n) is 29.7. The minimum atomic E-state index is -0.239. The molecular formula is C48H41BN2. The lowest BCUT2D eigenvalue weighted by molar-refractivity contribution is 0.641. The number of anilines is 6. The zero-order valence-corrected chi connectivity index (χ0v) is 29.7. The molecule has 0 aromatic heterocycles. The Morgan fingerprint density at radius 2 is 0.824 bits per heavy atom. The molecule has 0 amide bonds. The van der Waals surface area contributed by atoms with Gasteiger partial charge in [0.1, 0.15) is 0 Å². The third-order valence-corrected chi connectivity index (χ3v) is 11.4. The number of hydrogen-bond donors (Lipinski definition) is 0. The standard InChI is InChI=1S/C48H41BN2/c1-47(2,34-20-8-5-9-21-34)37-26-14-16-30-41(37)51-42-31-17-15-28-39(42)49-40-29-18-27-38(48(3,4)35-22-10-6-11-23-35)46(40)50(36-24-12-7-13-25-36)43-32-19-33-44(51)45(43)49/h5-33H,1-4H3. The first-order valence-electron chi connectivity index (χ1n) is 18.1. The molecule has 2 aliphatic heterocycles. The van der Waals surface area contributed by atoms with Gasteiger partial charge in [-0.05, 0) is 75.0 Å². The van der Waals surface area contributed by atoms with Crippen LogP contribution in [0.25, 0.3) is 0 Å². The summed E-state index contributed by atoms with van der Waals surface area (Å²) in [5.74, 6) is 0. The van der Waals surface area contributed by atoms with Crippen molar-refractivity contribution in [2.24, 2.45) is 0 Å². The van der Waals surface area contributed by atoms with Crippen molar-refractivity contribution in [2.75, 3.05) is 9.80 Å². The van der Waals surface area contributed by atoms with Gasteiger partial charge in [0, 0.05) is 39.3 Å². The van der Waals surface area contributed by atoms with Gasteiger partial charge < -0.3 is 9.80 Å². The van der Waals surface area contributed by atoms with Gasteiger partial charge in [0.2, 0.25) is 0 Å². The molecule has 0 fully saturated rings. The van der Waals surface area contributed by atoms with Gasteiger partial charge in [0.05, 0.1) is 5.69 Å². The largest absolute Gasteiger partial charge is 0.311 e. The quantitative estimate of drug-likeness (QED) is 0.164. The minimum Gasteiger partial charge on any atom is -0.311 e. The fraction of sp³-hybridized carbons (Fsp3) is 0.125. The highest BCUT2D eigenvalue weighted by atomic mass is 15.2. The molecule has 0 atom stereocenters. The molecule has 51 heavy (non-hydrogen) atoms. The lowest BCUT2D eigenvalue weighted by Gasteiger charge is -2.46. The molecule has 0 spiro atoms. The van der Waals surface area contributed by atoms with E-state index in [-0.39, 0.29) is 17.5 Å². The van der Waals surface area contributed by atoms with E-state index in [0.717, 1.165) is 5.69 Å². The van der Waals surface area contributed by atoms with E-state index in [2.05, 4.69) is 213 Å². The fourth-order valence-corrected chi connectivity index (χ4v) is 8.76. The summed E-state index contributed by atoms with van der Waals surface area (Å²) >= 11 is 0. The number of fused-ring (bicyclic) bond motifs is 4. The third-order valence-electron chi connectivity index (χ3n) is 11.4. The Morgan fingerprint density at radius 1 is 0.373 bits per heavy atom. The van der Waals surface area contributed by atoms with E-state index in [1.54, 1.807) is 0 Å². The topological polar surface area (TPSA) is 6.48 Å². The lowest BCUT2D eigenvalue weighted by atomic mass is 9.33. The van der Waals surface area contributed by atoms with Crippen LogP contribution in [-0.2, 0) is 10.8 Å². The van der Waals surface area contributed by atoms with Gasteiger partial charge in [-0.2, -0.15) is 0 Å². The maximum Gasteiger partial charge on any atom is 0.252 e. The molecule has 3 heteroatoms. The summed E-state index contributed by atoms with van der Waals surface area (Å²) in [5, 5.41) is 0. The van der Waals surface area contributed by atoms with Crippen LogP contribution in [0.4, 0.5) is 34.1 Å². The highest BCUT2D eigenvalue weighted by molar-refractivity contribution is 7.00. The van der Waals surface area contributed by atoms with Crippen LogP contribution < -0.4 is 26.2 Å². The second-order valence-electron chi connectivity index (χ2n) is 15.0. The van der Waals surface area contributed by atoms with Crippen LogP contribution in [0.3, 0.4) is 0 Å². The maximum atomic E-state index is 2.54. The van der Waals surface area contributed by atoms with Crippen LogP contribution in [-0.4, -0.2) is 6.71 Å². The van der Waals surface area contributed by atoms with Crippen LogP contribution in [0.2, 0.25) is 0 Å². The van der Waals surface area contributed by atoms with Crippen molar-refractivity contribution in [3.05, 3.63) is 198 Å². The van der Waals surface area contributed by atoms with Crippen molar-refractivity contribution in [1.29, 1.82) is 0 Å². The van der Waals surface area contributed by atoms with Gasteiger partial charge in [-0.1, -0.05) is 167 Å². The van der Waals surface area contributed by atoms with E-state index < -0.39 is 0 Å². The van der Waals surface area contributed by atoms with Crippen LogP contribution in [0.15, 0.2) is 176 Å². The molecule has 7 aromatic carbocycles. The molecule has 7 aromatic rings. The second kappa shape index (κ2) is 11.9. The zero-order chi connectivity index (χ0) is 34.7. The van der Waals surface area contributed by atoms with E-state index in [9.17, 15) is 0 Å². The van der Waals surface area contributed by atoms with Crippen LogP contribution in [0.1, 0.15) is 49.9 Å². The lowest BCUT2D eigenvalue weighted by Crippen LogP contribution is -2.61. The van der Waals surface area contributed by atoms with Crippen LogP contribution in [0, 0.1) is 0 Å². The molecule has 9 rings (SSSR count). The minimum absolute atomic E-state index is 0.0689. The molecule has 0 N–H and O–H groups in total. The van der Waals surface area contributed by atoms with Crippen molar-refractivity contribution in [2.45, 2.75) is 38.5 Å². The number of benzene rings is 7. The van der Waals surface area contributed by atoms with E-state index in [4.69, 9.17) is 0 Å². The highest BCUT2D eigenvalue weighted by Gasteiger charge is 2.45. The van der Waals surface area contributed by atoms with Crippen molar-refractivity contribution < 1.29 is 0 Å². The molecule has 246 valence electrons. The molecule has 0 saturated heterocycles. The van der Waals surface area contributed by atoms with Crippen molar-refractivity contribution in [3.63, 3.8) is 0 Å². The molecule has 2 nitrogen and oxygen atoms in total. The van der Waals surface area contributed by atoms with Crippen LogP contribution in [0.5, 0.6) is 0 Å². The average molecular weight is 657 g/mol. The monoisotopic (exact) mass is 656 g/mol. The predicted octanol–water partition coefficient (Wildman–Crippen LogP) is 10.4. The molecule has 0 bridgehead atoms. The molecule has 0 aliphatic carbocycles. The van der Waals surface area contributed by atoms with E-state index in [0.29, 0.717) is 0 Å². The van der Waals surface area contributed by atoms with E-state index in [1.807, 2.05) is 0 Å². The second-order valence-corrected chi connectivity index (χ2v) is 15.0.